The molecule has 0 saturated heterocycles. The number of ether oxygens (including phenoxy) is 1. The molecule has 16 heavy (non-hydrogen) atoms. The fraction of sp³-hybridized carbons (Fsp3) is 0.300. The minimum absolute atomic E-state index is 0.00203. The van der Waals surface area contributed by atoms with Gasteiger partial charge in [-0.2, -0.15) is 0 Å². The quantitative estimate of drug-likeness (QED) is 0.591. The van der Waals surface area contributed by atoms with Crippen LogP contribution >= 0.6 is 0 Å². The van der Waals surface area contributed by atoms with E-state index in [0.29, 0.717) is 0 Å². The van der Waals surface area contributed by atoms with Gasteiger partial charge in [0.25, 0.3) is 0 Å². The van der Waals surface area contributed by atoms with Crippen molar-refractivity contribution in [2.45, 2.75) is 11.3 Å². The third-order valence-electron chi connectivity index (χ3n) is 1.98. The van der Waals surface area contributed by atoms with Crippen molar-refractivity contribution in [2.75, 3.05) is 12.9 Å². The van der Waals surface area contributed by atoms with Gasteiger partial charge in [0.05, 0.1) is 24.2 Å². The standard InChI is InChI=1S/C10H11FO4S/c1-15-10(12)6-7-16(13,14)9-4-2-8(11)3-5-9/h2-5H,6-7H2,1H3. The van der Waals surface area contributed by atoms with Gasteiger partial charge in [-0.25, -0.2) is 12.8 Å². The Labute approximate surface area is 93.0 Å². The molecule has 88 valence electrons. The van der Waals surface area contributed by atoms with Crippen LogP contribution in [0, 0.1) is 5.82 Å². The molecule has 0 spiro atoms. The molecule has 4 nitrogen and oxygen atoms in total. The molecule has 0 N–H and O–H groups in total. The third-order valence-corrected chi connectivity index (χ3v) is 3.71. The lowest BCUT2D eigenvalue weighted by atomic mass is 10.4. The maximum absolute atomic E-state index is 12.6. The fourth-order valence-corrected chi connectivity index (χ4v) is 2.30. The van der Waals surface area contributed by atoms with Crippen molar-refractivity contribution >= 4 is 15.8 Å². The van der Waals surface area contributed by atoms with E-state index >= 15 is 0 Å². The average Bonchev–Trinajstić information content (AvgIpc) is 2.26. The molecule has 0 aliphatic carbocycles. The first-order valence-electron chi connectivity index (χ1n) is 4.51. The van der Waals surface area contributed by atoms with Crippen LogP contribution in [0.25, 0.3) is 0 Å². The molecule has 6 heteroatoms. The third kappa shape index (κ3) is 3.30. The van der Waals surface area contributed by atoms with Crippen molar-refractivity contribution in [1.82, 2.24) is 0 Å². The van der Waals surface area contributed by atoms with Crippen molar-refractivity contribution in [3.05, 3.63) is 30.1 Å². The van der Waals surface area contributed by atoms with Crippen LogP contribution in [-0.2, 0) is 19.4 Å². The van der Waals surface area contributed by atoms with Gasteiger partial charge >= 0.3 is 5.97 Å². The predicted molar refractivity (Wildman–Crippen MR) is 55.1 cm³/mol. The molecule has 0 aliphatic rings. The summed E-state index contributed by atoms with van der Waals surface area (Å²) in [7, 11) is -2.36. The van der Waals surface area contributed by atoms with Crippen molar-refractivity contribution in [1.29, 1.82) is 0 Å². The summed E-state index contributed by atoms with van der Waals surface area (Å²) in [6, 6.07) is 4.46. The van der Waals surface area contributed by atoms with Gasteiger partial charge < -0.3 is 4.74 Å². The van der Waals surface area contributed by atoms with E-state index in [1.807, 2.05) is 0 Å². The Hall–Kier alpha value is -1.43. The lowest BCUT2D eigenvalue weighted by molar-refractivity contribution is -0.140. The number of benzene rings is 1. The Morgan fingerprint density at radius 2 is 1.88 bits per heavy atom. The van der Waals surface area contributed by atoms with Gasteiger partial charge in [0.15, 0.2) is 9.84 Å². The SMILES string of the molecule is COC(=O)CCS(=O)(=O)c1ccc(F)cc1. The Bertz CT molecular complexity index is 464. The summed E-state index contributed by atoms with van der Waals surface area (Å²) in [6.07, 6.45) is -0.212. The number of sulfone groups is 1. The summed E-state index contributed by atoms with van der Waals surface area (Å²) in [5, 5.41) is 0. The minimum atomic E-state index is -3.55. The van der Waals surface area contributed by atoms with E-state index in [9.17, 15) is 17.6 Å². The van der Waals surface area contributed by atoms with E-state index in [4.69, 9.17) is 0 Å². The molecule has 0 amide bonds. The van der Waals surface area contributed by atoms with E-state index < -0.39 is 21.6 Å². The van der Waals surface area contributed by atoms with Gasteiger partial charge in [0.1, 0.15) is 5.82 Å². The average molecular weight is 246 g/mol. The molecule has 0 atom stereocenters. The van der Waals surface area contributed by atoms with Crippen molar-refractivity contribution in [2.24, 2.45) is 0 Å². The molecule has 0 aromatic heterocycles. The Morgan fingerprint density at radius 3 is 2.38 bits per heavy atom. The number of rotatable bonds is 4. The molecule has 1 aromatic carbocycles. The second-order valence-corrected chi connectivity index (χ2v) is 5.21. The molecule has 0 unspecified atom stereocenters. The van der Waals surface area contributed by atoms with Crippen molar-refractivity contribution in [3.63, 3.8) is 0 Å². The van der Waals surface area contributed by atoms with Crippen LogP contribution in [0.3, 0.4) is 0 Å². The molecular formula is C10H11FO4S. The lowest BCUT2D eigenvalue weighted by Gasteiger charge is -2.03. The highest BCUT2D eigenvalue weighted by Crippen LogP contribution is 2.12. The fourth-order valence-electron chi connectivity index (χ4n) is 1.08. The minimum Gasteiger partial charge on any atom is -0.469 e. The molecule has 0 aliphatic heterocycles. The topological polar surface area (TPSA) is 60.4 Å². The maximum atomic E-state index is 12.6. The summed E-state index contributed by atoms with van der Waals surface area (Å²) in [4.78, 5) is 10.8. The number of halogens is 1. The van der Waals surface area contributed by atoms with Gasteiger partial charge in [0.2, 0.25) is 0 Å². The largest absolute Gasteiger partial charge is 0.469 e. The van der Waals surface area contributed by atoms with Gasteiger partial charge in [-0.3, -0.25) is 4.79 Å². The lowest BCUT2D eigenvalue weighted by Crippen LogP contribution is -2.12. The normalized spacial score (nSPS) is 11.1. The van der Waals surface area contributed by atoms with Gasteiger partial charge in [-0.1, -0.05) is 0 Å². The van der Waals surface area contributed by atoms with Gasteiger partial charge in [-0.05, 0) is 24.3 Å². The van der Waals surface area contributed by atoms with E-state index in [2.05, 4.69) is 4.74 Å². The Morgan fingerprint density at radius 1 is 1.31 bits per heavy atom. The first-order chi connectivity index (χ1) is 7.45. The number of esters is 1. The molecule has 1 aromatic rings. The first kappa shape index (κ1) is 12.6. The number of carbonyl (C=O) groups excluding carboxylic acids is 1. The molecule has 0 radical (unpaired) electrons. The summed E-state index contributed by atoms with van der Waals surface area (Å²) in [5.74, 6) is -1.44. The van der Waals surface area contributed by atoms with E-state index in [-0.39, 0.29) is 17.1 Å². The zero-order valence-electron chi connectivity index (χ0n) is 8.64. The summed E-state index contributed by atoms with van der Waals surface area (Å²) >= 11 is 0. The summed E-state index contributed by atoms with van der Waals surface area (Å²) < 4.78 is 40.2. The highest BCUT2D eigenvalue weighted by Gasteiger charge is 2.16. The predicted octanol–water partition coefficient (Wildman–Crippen LogP) is 1.16. The van der Waals surface area contributed by atoms with Crippen LogP contribution < -0.4 is 0 Å². The van der Waals surface area contributed by atoms with E-state index in [0.717, 1.165) is 12.1 Å². The first-order valence-corrected chi connectivity index (χ1v) is 6.16. The van der Waals surface area contributed by atoms with Crippen LogP contribution in [0.1, 0.15) is 6.42 Å². The zero-order chi connectivity index (χ0) is 12.2. The number of hydrogen-bond donors (Lipinski definition) is 0. The number of methoxy groups -OCH3 is 1. The molecule has 0 heterocycles. The van der Waals surface area contributed by atoms with E-state index in [1.54, 1.807) is 0 Å². The number of hydrogen-bond acceptors (Lipinski definition) is 4. The summed E-state index contributed by atoms with van der Waals surface area (Å²) in [6.45, 7) is 0. The molecular weight excluding hydrogens is 235 g/mol. The Kier molecular flexibility index (Phi) is 4.00. The molecule has 0 saturated carbocycles. The smallest absolute Gasteiger partial charge is 0.306 e. The molecule has 1 rings (SSSR count). The van der Waals surface area contributed by atoms with Crippen molar-refractivity contribution in [3.8, 4) is 0 Å². The van der Waals surface area contributed by atoms with Crippen molar-refractivity contribution < 1.29 is 22.3 Å². The second kappa shape index (κ2) is 5.07. The van der Waals surface area contributed by atoms with Crippen LogP contribution in [0.15, 0.2) is 29.2 Å². The van der Waals surface area contributed by atoms with E-state index in [1.165, 1.54) is 19.2 Å². The van der Waals surface area contributed by atoms with Crippen LogP contribution in [0.2, 0.25) is 0 Å². The molecule has 0 fully saturated rings. The summed E-state index contributed by atoms with van der Waals surface area (Å²) in [5.41, 5.74) is 0. The van der Waals surface area contributed by atoms with Crippen LogP contribution in [0.4, 0.5) is 4.39 Å². The highest BCUT2D eigenvalue weighted by atomic mass is 32.2. The van der Waals surface area contributed by atoms with Crippen LogP contribution in [0.5, 0.6) is 0 Å². The maximum Gasteiger partial charge on any atom is 0.306 e. The monoisotopic (exact) mass is 246 g/mol. The second-order valence-electron chi connectivity index (χ2n) is 3.10. The Balaban J connectivity index is 2.78. The van der Waals surface area contributed by atoms with Gasteiger partial charge in [0, 0.05) is 0 Å². The zero-order valence-corrected chi connectivity index (χ0v) is 9.46. The van der Waals surface area contributed by atoms with Gasteiger partial charge in [-0.15, -0.1) is 0 Å². The number of carbonyl (C=O) groups is 1. The molecule has 0 bridgehead atoms. The van der Waals surface area contributed by atoms with Crippen LogP contribution in [-0.4, -0.2) is 27.2 Å². The highest BCUT2D eigenvalue weighted by molar-refractivity contribution is 7.91.